The van der Waals surface area contributed by atoms with Crippen molar-refractivity contribution in [3.8, 4) is 0 Å². The number of carbonyl (C=O) groups excluding carboxylic acids is 2. The van der Waals surface area contributed by atoms with Crippen LogP contribution >= 0.6 is 0 Å². The topological polar surface area (TPSA) is 105 Å². The Bertz CT molecular complexity index is 1220. The highest BCUT2D eigenvalue weighted by Gasteiger charge is 2.47. The first-order valence-electron chi connectivity index (χ1n) is 12.6. The zero-order valence-electron chi connectivity index (χ0n) is 19.6. The maximum absolute atomic E-state index is 13.5. The van der Waals surface area contributed by atoms with Crippen molar-refractivity contribution in [3.63, 3.8) is 0 Å². The monoisotopic (exact) mass is 474 g/mol. The fourth-order valence-corrected chi connectivity index (χ4v) is 5.88. The first-order valence-corrected chi connectivity index (χ1v) is 12.6. The Morgan fingerprint density at radius 2 is 1.89 bits per heavy atom. The predicted octanol–water partition coefficient (Wildman–Crippen LogP) is 4.83. The third-order valence-electron chi connectivity index (χ3n) is 7.81. The molecule has 2 aromatic carbocycles. The maximum Gasteiger partial charge on any atom is 0.296 e. The number of nitrogens with zero attached hydrogens (tertiary/aromatic N) is 1. The van der Waals surface area contributed by atoms with Gasteiger partial charge in [-0.2, -0.15) is 4.98 Å². The van der Waals surface area contributed by atoms with Crippen molar-refractivity contribution in [1.82, 2.24) is 4.98 Å². The van der Waals surface area contributed by atoms with E-state index in [0.29, 0.717) is 43.3 Å². The van der Waals surface area contributed by atoms with E-state index >= 15 is 0 Å². The van der Waals surface area contributed by atoms with Gasteiger partial charge in [0.05, 0.1) is 5.41 Å². The molecule has 0 radical (unpaired) electrons. The molecule has 1 saturated heterocycles. The number of aromatic nitrogens is 1. The summed E-state index contributed by atoms with van der Waals surface area (Å²) < 4.78 is 11.4. The molecule has 1 atom stereocenters. The lowest BCUT2D eigenvalue weighted by Gasteiger charge is -2.31. The van der Waals surface area contributed by atoms with Gasteiger partial charge in [0.15, 0.2) is 5.58 Å². The largest absolute Gasteiger partial charge is 0.424 e. The highest BCUT2D eigenvalue weighted by Crippen LogP contribution is 2.45. The van der Waals surface area contributed by atoms with Crippen LogP contribution in [0.25, 0.3) is 11.1 Å². The van der Waals surface area contributed by atoms with Gasteiger partial charge in [-0.15, -0.1) is 0 Å². The predicted molar refractivity (Wildman–Crippen MR) is 133 cm³/mol. The molecule has 3 aliphatic rings. The molecule has 8 nitrogen and oxygen atoms in total. The molecule has 3 aromatic rings. The molecule has 3 N–H and O–H groups in total. The van der Waals surface area contributed by atoms with Gasteiger partial charge in [0.2, 0.25) is 11.8 Å². The van der Waals surface area contributed by atoms with Gasteiger partial charge in [0.25, 0.3) is 6.01 Å². The minimum Gasteiger partial charge on any atom is -0.424 e. The average molecular weight is 475 g/mol. The molecule has 3 heterocycles. The molecule has 2 fully saturated rings. The number of ether oxygens (including phenoxy) is 1. The number of fused-ring (bicyclic) bond motifs is 3. The van der Waals surface area contributed by atoms with Crippen LogP contribution in [0.5, 0.6) is 0 Å². The Morgan fingerprint density at radius 3 is 2.69 bits per heavy atom. The van der Waals surface area contributed by atoms with Crippen LogP contribution in [0.4, 0.5) is 17.4 Å². The van der Waals surface area contributed by atoms with Crippen LogP contribution in [0.15, 0.2) is 46.9 Å². The van der Waals surface area contributed by atoms with E-state index in [4.69, 9.17) is 9.15 Å². The quantitative estimate of drug-likeness (QED) is 0.489. The Hall–Kier alpha value is -3.39. The smallest absolute Gasteiger partial charge is 0.296 e. The molecular weight excluding hydrogens is 444 g/mol. The summed E-state index contributed by atoms with van der Waals surface area (Å²) in [5.41, 5.74) is 3.37. The summed E-state index contributed by atoms with van der Waals surface area (Å²) in [6.07, 6.45) is 6.74. The molecule has 8 heteroatoms. The Kier molecular flexibility index (Phi) is 5.68. The zero-order chi connectivity index (χ0) is 23.8. The molecule has 2 amide bonds. The van der Waals surface area contributed by atoms with Crippen molar-refractivity contribution in [2.75, 3.05) is 29.2 Å². The molecule has 1 aromatic heterocycles. The van der Waals surface area contributed by atoms with E-state index in [0.717, 1.165) is 42.5 Å². The Morgan fingerprint density at radius 1 is 1.09 bits per heavy atom. The number of nitrogens with one attached hydrogen (secondary N) is 3. The second-order valence-corrected chi connectivity index (χ2v) is 9.91. The maximum atomic E-state index is 13.5. The SMILES string of the molecule is O=C(Nc1ccc2c(c1)NC(=O)C21CCOCC1)C(Nc1nc2ccccc2o1)C1CCCCC1. The second kappa shape index (κ2) is 9.00. The summed E-state index contributed by atoms with van der Waals surface area (Å²) in [5.74, 6) is 0.0968. The van der Waals surface area contributed by atoms with Crippen molar-refractivity contribution in [3.05, 3.63) is 48.0 Å². The first-order chi connectivity index (χ1) is 17.1. The summed E-state index contributed by atoms with van der Waals surface area (Å²) in [4.78, 5) is 30.9. The van der Waals surface area contributed by atoms with Crippen molar-refractivity contribution in [1.29, 1.82) is 0 Å². The summed E-state index contributed by atoms with van der Waals surface area (Å²) in [6.45, 7) is 1.16. The number of rotatable bonds is 5. The summed E-state index contributed by atoms with van der Waals surface area (Å²) in [5, 5.41) is 9.41. The molecule has 1 saturated carbocycles. The fraction of sp³-hybridized carbons (Fsp3) is 0.444. The number of benzene rings is 2. The minimum absolute atomic E-state index is 0.0250. The van der Waals surface area contributed by atoms with E-state index in [1.54, 1.807) is 0 Å². The normalized spacial score (nSPS) is 20.4. The van der Waals surface area contributed by atoms with Crippen LogP contribution in [0.1, 0.15) is 50.5 Å². The van der Waals surface area contributed by atoms with Crippen molar-refractivity contribution >= 4 is 40.3 Å². The number of hydrogen-bond acceptors (Lipinski definition) is 6. The fourth-order valence-electron chi connectivity index (χ4n) is 5.88. The Labute approximate surface area is 203 Å². The molecule has 182 valence electrons. The van der Waals surface area contributed by atoms with Crippen LogP contribution in [-0.2, 0) is 19.7 Å². The third-order valence-corrected chi connectivity index (χ3v) is 7.81. The van der Waals surface area contributed by atoms with E-state index in [-0.39, 0.29) is 17.7 Å². The second-order valence-electron chi connectivity index (χ2n) is 9.91. The van der Waals surface area contributed by atoms with Crippen molar-refractivity contribution in [2.45, 2.75) is 56.4 Å². The van der Waals surface area contributed by atoms with Crippen LogP contribution < -0.4 is 16.0 Å². The molecule has 2 aliphatic heterocycles. The van der Waals surface area contributed by atoms with E-state index in [2.05, 4.69) is 20.9 Å². The summed E-state index contributed by atoms with van der Waals surface area (Å²) >= 11 is 0. The van der Waals surface area contributed by atoms with Gasteiger partial charge in [-0.1, -0.05) is 37.5 Å². The zero-order valence-corrected chi connectivity index (χ0v) is 19.6. The average Bonchev–Trinajstić information content (AvgIpc) is 3.41. The third kappa shape index (κ3) is 4.05. The molecule has 0 bridgehead atoms. The van der Waals surface area contributed by atoms with Crippen LogP contribution in [0, 0.1) is 5.92 Å². The molecular formula is C27H30N4O4. The van der Waals surface area contributed by atoms with Gasteiger partial charge in [-0.05, 0) is 61.4 Å². The number of para-hydroxylation sites is 2. The molecule has 1 unspecified atom stereocenters. The number of carbonyl (C=O) groups is 2. The number of amides is 2. The summed E-state index contributed by atoms with van der Waals surface area (Å²) in [7, 11) is 0. The van der Waals surface area contributed by atoms with Crippen LogP contribution in [-0.4, -0.2) is 36.1 Å². The minimum atomic E-state index is -0.519. The van der Waals surface area contributed by atoms with Crippen molar-refractivity contribution in [2.24, 2.45) is 5.92 Å². The highest BCUT2D eigenvalue weighted by atomic mass is 16.5. The standard InChI is InChI=1S/C27H30N4O4/c32-24(28-18-10-11-19-21(16-18)29-25(33)27(19)12-14-34-15-13-27)23(17-6-2-1-3-7-17)31-26-30-20-8-4-5-9-22(20)35-26/h4-5,8-11,16-17,23H,1-3,6-7,12-15H2,(H,28,32)(H,29,33)(H,30,31). The van der Waals surface area contributed by atoms with Crippen LogP contribution in [0.3, 0.4) is 0 Å². The van der Waals surface area contributed by atoms with Gasteiger partial charge in [-0.3, -0.25) is 9.59 Å². The van der Waals surface area contributed by atoms with E-state index in [9.17, 15) is 9.59 Å². The van der Waals surface area contributed by atoms with E-state index < -0.39 is 11.5 Å². The van der Waals surface area contributed by atoms with E-state index in [1.165, 1.54) is 6.42 Å². The first kappa shape index (κ1) is 22.1. The number of hydrogen-bond donors (Lipinski definition) is 3. The van der Waals surface area contributed by atoms with Gasteiger partial charge in [0, 0.05) is 24.6 Å². The van der Waals surface area contributed by atoms with Gasteiger partial charge in [-0.25, -0.2) is 0 Å². The lowest BCUT2D eigenvalue weighted by atomic mass is 9.75. The lowest BCUT2D eigenvalue weighted by Crippen LogP contribution is -2.41. The van der Waals surface area contributed by atoms with Crippen LogP contribution in [0.2, 0.25) is 0 Å². The lowest BCUT2D eigenvalue weighted by molar-refractivity contribution is -0.124. The molecule has 1 spiro atoms. The molecule has 35 heavy (non-hydrogen) atoms. The van der Waals surface area contributed by atoms with Gasteiger partial charge in [0.1, 0.15) is 11.6 Å². The van der Waals surface area contributed by atoms with Crippen molar-refractivity contribution < 1.29 is 18.7 Å². The van der Waals surface area contributed by atoms with Gasteiger partial charge >= 0.3 is 0 Å². The van der Waals surface area contributed by atoms with E-state index in [1.807, 2.05) is 42.5 Å². The molecule has 1 aliphatic carbocycles. The number of oxazole rings is 1. The highest BCUT2D eigenvalue weighted by molar-refractivity contribution is 6.07. The number of anilines is 3. The summed E-state index contributed by atoms with van der Waals surface area (Å²) in [6, 6.07) is 13.2. The van der Waals surface area contributed by atoms with Gasteiger partial charge < -0.3 is 25.1 Å². The Balaban J connectivity index is 1.24. The molecule has 6 rings (SSSR count).